The molecule has 0 bridgehead atoms. The molecule has 1 aromatic rings. The van der Waals surface area contributed by atoms with Crippen molar-refractivity contribution in [1.82, 2.24) is 0 Å². The van der Waals surface area contributed by atoms with Gasteiger partial charge in [0.05, 0.1) is 4.92 Å². The summed E-state index contributed by atoms with van der Waals surface area (Å²) in [7, 11) is -3.51. The van der Waals surface area contributed by atoms with E-state index in [0.717, 1.165) is 12.3 Å². The lowest BCUT2D eigenvalue weighted by molar-refractivity contribution is -0.384. The molecule has 0 aliphatic heterocycles. The Balaban J connectivity index is 3.18. The molecule has 1 aromatic carbocycles. The van der Waals surface area contributed by atoms with Crippen LogP contribution in [0.3, 0.4) is 0 Å². The molecule has 7 heteroatoms. The predicted octanol–water partition coefficient (Wildman–Crippen LogP) is 1.60. The monoisotopic (exact) mass is 271 g/mol. The Labute approximate surface area is 105 Å². The van der Waals surface area contributed by atoms with Gasteiger partial charge in [0.15, 0.2) is 15.6 Å². The number of nitro benzene ring substituents is 1. The Morgan fingerprint density at radius 1 is 1.44 bits per heavy atom. The highest BCUT2D eigenvalue weighted by Gasteiger charge is 2.28. The van der Waals surface area contributed by atoms with Gasteiger partial charge in [-0.2, -0.15) is 0 Å². The zero-order valence-corrected chi connectivity index (χ0v) is 10.8. The van der Waals surface area contributed by atoms with Gasteiger partial charge < -0.3 is 0 Å². The number of carbonyl (C=O) groups is 1. The van der Waals surface area contributed by atoms with Gasteiger partial charge in [0, 0.05) is 24.0 Å². The van der Waals surface area contributed by atoms with Crippen LogP contribution in [0.15, 0.2) is 24.3 Å². The number of hydrogen-bond acceptors (Lipinski definition) is 5. The van der Waals surface area contributed by atoms with Crippen LogP contribution in [-0.2, 0) is 9.84 Å². The quantitative estimate of drug-likeness (QED) is 0.460. The molecule has 0 aromatic heterocycles. The molecule has 1 rings (SSSR count). The first-order valence-electron chi connectivity index (χ1n) is 5.25. The second-order valence-electron chi connectivity index (χ2n) is 3.90. The normalized spacial score (nSPS) is 13.0. The third-order valence-corrected chi connectivity index (χ3v) is 4.10. The van der Waals surface area contributed by atoms with Crippen molar-refractivity contribution in [3.63, 3.8) is 0 Å². The van der Waals surface area contributed by atoms with E-state index in [0.29, 0.717) is 0 Å². The highest BCUT2D eigenvalue weighted by atomic mass is 32.2. The Bertz CT molecular complexity index is 579. The minimum absolute atomic E-state index is 0.0430. The lowest BCUT2D eigenvalue weighted by atomic mass is 10.1. The van der Waals surface area contributed by atoms with Crippen molar-refractivity contribution >= 4 is 21.3 Å². The number of rotatable bonds is 5. The summed E-state index contributed by atoms with van der Waals surface area (Å²) in [6.07, 6.45) is 1.12. The molecule has 0 aliphatic rings. The first-order chi connectivity index (χ1) is 8.27. The fraction of sp³-hybridized carbons (Fsp3) is 0.364. The van der Waals surface area contributed by atoms with Crippen LogP contribution in [0.5, 0.6) is 0 Å². The van der Waals surface area contributed by atoms with Crippen LogP contribution in [0, 0.1) is 10.1 Å². The summed E-state index contributed by atoms with van der Waals surface area (Å²) in [4.78, 5) is 22.0. The van der Waals surface area contributed by atoms with Gasteiger partial charge in [-0.1, -0.05) is 19.1 Å². The zero-order valence-electron chi connectivity index (χ0n) is 9.99. The Kier molecular flexibility index (Phi) is 4.18. The molecular weight excluding hydrogens is 258 g/mol. The lowest BCUT2D eigenvalue weighted by Crippen LogP contribution is -2.28. The van der Waals surface area contributed by atoms with E-state index < -0.39 is 25.8 Å². The number of nitro groups is 1. The highest BCUT2D eigenvalue weighted by Crippen LogP contribution is 2.18. The molecule has 6 nitrogen and oxygen atoms in total. The van der Waals surface area contributed by atoms with Crippen LogP contribution in [-0.4, -0.2) is 30.6 Å². The fourth-order valence-electron chi connectivity index (χ4n) is 1.64. The summed E-state index contributed by atoms with van der Waals surface area (Å²) < 4.78 is 22.9. The molecule has 0 radical (unpaired) electrons. The summed E-state index contributed by atoms with van der Waals surface area (Å²) in [5.41, 5.74) is -0.189. The number of benzene rings is 1. The van der Waals surface area contributed by atoms with Gasteiger partial charge in [-0.15, -0.1) is 0 Å². The second-order valence-corrected chi connectivity index (χ2v) is 6.13. The van der Waals surface area contributed by atoms with Gasteiger partial charge >= 0.3 is 0 Å². The van der Waals surface area contributed by atoms with Crippen molar-refractivity contribution in [2.45, 2.75) is 18.6 Å². The zero-order chi connectivity index (χ0) is 13.9. The molecule has 0 saturated carbocycles. The molecule has 0 aliphatic carbocycles. The molecule has 0 N–H and O–H groups in total. The third kappa shape index (κ3) is 3.13. The number of hydrogen-bond donors (Lipinski definition) is 0. The molecule has 1 atom stereocenters. The maximum atomic E-state index is 12.0. The van der Waals surface area contributed by atoms with Gasteiger partial charge in [0.2, 0.25) is 0 Å². The molecule has 0 fully saturated rings. The van der Waals surface area contributed by atoms with Gasteiger partial charge in [-0.25, -0.2) is 8.42 Å². The van der Waals surface area contributed by atoms with Crippen LogP contribution >= 0.6 is 0 Å². The van der Waals surface area contributed by atoms with Crippen LogP contribution in [0.2, 0.25) is 0 Å². The summed E-state index contributed by atoms with van der Waals surface area (Å²) in [5, 5.41) is 9.43. The van der Waals surface area contributed by atoms with Crippen LogP contribution in [0.4, 0.5) is 5.69 Å². The van der Waals surface area contributed by atoms with E-state index in [9.17, 15) is 23.3 Å². The van der Waals surface area contributed by atoms with Crippen molar-refractivity contribution in [2.75, 3.05) is 6.26 Å². The average Bonchev–Trinajstić information content (AvgIpc) is 2.28. The number of Topliss-reactive ketones (excluding diaryl/α,β-unsaturated/α-hetero) is 1. The number of sulfone groups is 1. The predicted molar refractivity (Wildman–Crippen MR) is 66.3 cm³/mol. The summed E-state index contributed by atoms with van der Waals surface area (Å²) >= 11 is 0. The number of non-ortho nitro benzene ring substituents is 1. The maximum Gasteiger partial charge on any atom is 0.270 e. The summed E-state index contributed by atoms with van der Waals surface area (Å²) in [6, 6.07) is 5.08. The van der Waals surface area contributed by atoms with Crippen molar-refractivity contribution < 1.29 is 18.1 Å². The van der Waals surface area contributed by atoms with Gasteiger partial charge in [-0.05, 0) is 6.42 Å². The minimum atomic E-state index is -3.51. The standard InChI is InChI=1S/C11H13NO5S/c1-3-10(18(2,16)17)11(13)8-5-4-6-9(7-8)12(14)15/h4-7,10H,3H2,1-2H3/t10-/m1/s1. The second kappa shape index (κ2) is 5.26. The Hall–Kier alpha value is -1.76. The Morgan fingerprint density at radius 2 is 2.06 bits per heavy atom. The largest absolute Gasteiger partial charge is 0.293 e. The minimum Gasteiger partial charge on any atom is -0.293 e. The molecule has 0 saturated heterocycles. The topological polar surface area (TPSA) is 94.3 Å². The number of nitrogens with zero attached hydrogens (tertiary/aromatic N) is 1. The SMILES string of the molecule is CC[C@H](C(=O)c1cccc([N+](=O)[O-])c1)S(C)(=O)=O. The average molecular weight is 271 g/mol. The van der Waals surface area contributed by atoms with E-state index in [2.05, 4.69) is 0 Å². The van der Waals surface area contributed by atoms with Crippen LogP contribution in [0.25, 0.3) is 0 Å². The Morgan fingerprint density at radius 3 is 2.50 bits per heavy atom. The third-order valence-electron chi connectivity index (χ3n) is 2.52. The van der Waals surface area contributed by atoms with E-state index in [4.69, 9.17) is 0 Å². The van der Waals surface area contributed by atoms with Crippen LogP contribution in [0.1, 0.15) is 23.7 Å². The molecular formula is C11H13NO5S. The van der Waals surface area contributed by atoms with Crippen molar-refractivity contribution in [1.29, 1.82) is 0 Å². The molecule has 0 unspecified atom stereocenters. The summed E-state index contributed by atoms with van der Waals surface area (Å²) in [6.45, 7) is 1.58. The molecule has 0 heterocycles. The van der Waals surface area contributed by atoms with Crippen LogP contribution < -0.4 is 0 Å². The van der Waals surface area contributed by atoms with E-state index in [1.807, 2.05) is 0 Å². The number of ketones is 1. The van der Waals surface area contributed by atoms with E-state index in [1.165, 1.54) is 18.2 Å². The number of carbonyl (C=O) groups excluding carboxylic acids is 1. The van der Waals surface area contributed by atoms with Gasteiger partial charge in [0.1, 0.15) is 5.25 Å². The maximum absolute atomic E-state index is 12.0. The van der Waals surface area contributed by atoms with Crippen molar-refractivity contribution in [3.05, 3.63) is 39.9 Å². The first-order valence-corrected chi connectivity index (χ1v) is 7.20. The lowest BCUT2D eigenvalue weighted by Gasteiger charge is -2.11. The molecule has 18 heavy (non-hydrogen) atoms. The van der Waals surface area contributed by atoms with E-state index in [-0.39, 0.29) is 17.7 Å². The van der Waals surface area contributed by atoms with E-state index >= 15 is 0 Å². The summed E-state index contributed by atoms with van der Waals surface area (Å²) in [5.74, 6) is -0.608. The van der Waals surface area contributed by atoms with Crippen molar-refractivity contribution in [3.8, 4) is 0 Å². The molecule has 98 valence electrons. The molecule has 0 spiro atoms. The first kappa shape index (κ1) is 14.3. The molecule has 0 amide bonds. The van der Waals surface area contributed by atoms with Gasteiger partial charge in [-0.3, -0.25) is 14.9 Å². The highest BCUT2D eigenvalue weighted by molar-refractivity contribution is 7.92. The fourth-order valence-corrected chi connectivity index (χ4v) is 2.77. The van der Waals surface area contributed by atoms with Gasteiger partial charge in [0.25, 0.3) is 5.69 Å². The smallest absolute Gasteiger partial charge is 0.270 e. The van der Waals surface area contributed by atoms with Crippen molar-refractivity contribution in [2.24, 2.45) is 0 Å². The van der Waals surface area contributed by atoms with E-state index in [1.54, 1.807) is 6.92 Å².